The summed E-state index contributed by atoms with van der Waals surface area (Å²) in [5.74, 6) is 0.641. The lowest BCUT2D eigenvalue weighted by Gasteiger charge is -2.35. The van der Waals surface area contributed by atoms with Crippen LogP contribution in [0.2, 0.25) is 0 Å². The summed E-state index contributed by atoms with van der Waals surface area (Å²) >= 11 is 0. The van der Waals surface area contributed by atoms with E-state index in [0.29, 0.717) is 30.0 Å². The van der Waals surface area contributed by atoms with Crippen molar-refractivity contribution in [1.82, 2.24) is 9.80 Å². The Bertz CT molecular complexity index is 923. The number of methoxy groups -OCH3 is 1. The zero-order valence-corrected chi connectivity index (χ0v) is 16.9. The lowest BCUT2D eigenvalue weighted by molar-refractivity contribution is -0.132. The molecule has 0 aromatic heterocycles. The van der Waals surface area contributed by atoms with E-state index in [9.17, 15) is 9.59 Å². The van der Waals surface area contributed by atoms with Crippen LogP contribution in [0.4, 0.5) is 0 Å². The molecule has 1 aliphatic heterocycles. The van der Waals surface area contributed by atoms with Gasteiger partial charge in [0, 0.05) is 43.9 Å². The van der Waals surface area contributed by atoms with Crippen LogP contribution in [0.5, 0.6) is 5.75 Å². The SMILES string of the molecule is COc1ccc(C(C)=O)cc1CC(=O)N1CCN(Cc2ccc(C#N)cc2)CC1. The van der Waals surface area contributed by atoms with Crippen LogP contribution in [0.3, 0.4) is 0 Å². The van der Waals surface area contributed by atoms with Crippen molar-refractivity contribution in [3.05, 3.63) is 64.7 Å². The van der Waals surface area contributed by atoms with Crippen molar-refractivity contribution in [2.24, 2.45) is 0 Å². The zero-order valence-electron chi connectivity index (χ0n) is 16.9. The third-order valence-electron chi connectivity index (χ3n) is 5.24. The minimum atomic E-state index is -0.0298. The highest BCUT2D eigenvalue weighted by Crippen LogP contribution is 2.22. The summed E-state index contributed by atoms with van der Waals surface area (Å²) in [5.41, 5.74) is 3.15. The molecule has 0 saturated carbocycles. The van der Waals surface area contributed by atoms with Crippen molar-refractivity contribution in [2.75, 3.05) is 33.3 Å². The Balaban J connectivity index is 1.56. The summed E-state index contributed by atoms with van der Waals surface area (Å²) in [6.45, 7) is 5.27. The number of rotatable bonds is 6. The van der Waals surface area contributed by atoms with Gasteiger partial charge in [-0.25, -0.2) is 0 Å². The molecule has 0 atom stereocenters. The Morgan fingerprint density at radius 3 is 2.34 bits per heavy atom. The van der Waals surface area contributed by atoms with Gasteiger partial charge in [-0.05, 0) is 42.8 Å². The lowest BCUT2D eigenvalue weighted by Crippen LogP contribution is -2.48. The van der Waals surface area contributed by atoms with E-state index in [1.54, 1.807) is 25.3 Å². The Kier molecular flexibility index (Phi) is 6.63. The van der Waals surface area contributed by atoms with Crippen molar-refractivity contribution in [2.45, 2.75) is 19.9 Å². The number of hydrogen-bond acceptors (Lipinski definition) is 5. The van der Waals surface area contributed by atoms with Crippen LogP contribution < -0.4 is 4.74 Å². The molecule has 0 bridgehead atoms. The number of carbonyl (C=O) groups excluding carboxylic acids is 2. The molecule has 1 heterocycles. The highest BCUT2D eigenvalue weighted by atomic mass is 16.5. The van der Waals surface area contributed by atoms with E-state index < -0.39 is 0 Å². The highest BCUT2D eigenvalue weighted by Gasteiger charge is 2.22. The molecule has 3 rings (SSSR count). The number of hydrogen-bond donors (Lipinski definition) is 0. The quantitative estimate of drug-likeness (QED) is 0.708. The molecule has 6 heteroatoms. The first-order valence-electron chi connectivity index (χ1n) is 9.67. The molecule has 0 aliphatic carbocycles. The van der Waals surface area contributed by atoms with Crippen molar-refractivity contribution in [1.29, 1.82) is 5.26 Å². The zero-order chi connectivity index (χ0) is 20.8. The number of benzene rings is 2. The van der Waals surface area contributed by atoms with Crippen LogP contribution in [0, 0.1) is 11.3 Å². The number of nitriles is 1. The highest BCUT2D eigenvalue weighted by molar-refractivity contribution is 5.94. The average molecular weight is 391 g/mol. The number of piperazine rings is 1. The molecule has 1 aliphatic rings. The monoisotopic (exact) mass is 391 g/mol. The molecule has 2 aromatic rings. The Morgan fingerprint density at radius 2 is 1.76 bits per heavy atom. The first-order chi connectivity index (χ1) is 14.0. The Morgan fingerprint density at radius 1 is 1.07 bits per heavy atom. The molecule has 0 N–H and O–H groups in total. The van der Waals surface area contributed by atoms with E-state index in [4.69, 9.17) is 10.00 Å². The predicted molar refractivity (Wildman–Crippen MR) is 110 cm³/mol. The van der Waals surface area contributed by atoms with Crippen LogP contribution in [0.1, 0.15) is 34.0 Å². The number of nitrogens with zero attached hydrogens (tertiary/aromatic N) is 3. The first-order valence-corrected chi connectivity index (χ1v) is 9.67. The van der Waals surface area contributed by atoms with Crippen LogP contribution in [-0.4, -0.2) is 54.8 Å². The van der Waals surface area contributed by atoms with Gasteiger partial charge in [-0.1, -0.05) is 12.1 Å². The smallest absolute Gasteiger partial charge is 0.227 e. The van der Waals surface area contributed by atoms with E-state index in [-0.39, 0.29) is 18.1 Å². The molecule has 0 spiro atoms. The normalized spacial score (nSPS) is 14.3. The fourth-order valence-corrected chi connectivity index (χ4v) is 3.51. The Hall–Kier alpha value is -3.17. The minimum absolute atomic E-state index is 0.0298. The van der Waals surface area contributed by atoms with Gasteiger partial charge >= 0.3 is 0 Å². The van der Waals surface area contributed by atoms with Gasteiger partial charge in [-0.2, -0.15) is 5.26 Å². The lowest BCUT2D eigenvalue weighted by atomic mass is 10.0. The summed E-state index contributed by atoms with van der Waals surface area (Å²) in [4.78, 5) is 28.6. The third-order valence-corrected chi connectivity index (χ3v) is 5.24. The summed E-state index contributed by atoms with van der Waals surface area (Å²) in [7, 11) is 1.57. The van der Waals surface area contributed by atoms with Crippen LogP contribution in [0.25, 0.3) is 0 Å². The molecular formula is C23H25N3O3. The van der Waals surface area contributed by atoms with Gasteiger partial charge in [-0.3, -0.25) is 14.5 Å². The van der Waals surface area contributed by atoms with E-state index in [1.807, 2.05) is 29.2 Å². The second kappa shape index (κ2) is 9.35. The molecule has 1 fully saturated rings. The molecule has 0 unspecified atom stereocenters. The van der Waals surface area contributed by atoms with E-state index >= 15 is 0 Å². The van der Waals surface area contributed by atoms with Crippen molar-refractivity contribution < 1.29 is 14.3 Å². The molecule has 1 saturated heterocycles. The van der Waals surface area contributed by atoms with Gasteiger partial charge in [0.2, 0.25) is 5.91 Å². The van der Waals surface area contributed by atoms with Crippen LogP contribution in [0.15, 0.2) is 42.5 Å². The summed E-state index contributed by atoms with van der Waals surface area (Å²) < 4.78 is 5.36. The number of Topliss-reactive ketones (excluding diaryl/α,β-unsaturated/α-hetero) is 1. The number of carbonyl (C=O) groups is 2. The average Bonchev–Trinajstić information content (AvgIpc) is 2.74. The standard InChI is InChI=1S/C23H25N3O3/c1-17(27)20-7-8-22(29-2)21(13-20)14-23(28)26-11-9-25(10-12-26)16-19-5-3-18(15-24)4-6-19/h3-8,13H,9-12,14,16H2,1-2H3. The minimum Gasteiger partial charge on any atom is -0.496 e. The van der Waals surface area contributed by atoms with Gasteiger partial charge in [-0.15, -0.1) is 0 Å². The van der Waals surface area contributed by atoms with Crippen LogP contribution >= 0.6 is 0 Å². The van der Waals surface area contributed by atoms with Gasteiger partial charge in [0.25, 0.3) is 0 Å². The van der Waals surface area contributed by atoms with Crippen LogP contribution in [-0.2, 0) is 17.8 Å². The van der Waals surface area contributed by atoms with Crippen molar-refractivity contribution in [3.63, 3.8) is 0 Å². The Labute approximate surface area is 171 Å². The fourth-order valence-electron chi connectivity index (χ4n) is 3.51. The third kappa shape index (κ3) is 5.21. The maximum atomic E-state index is 12.8. The topological polar surface area (TPSA) is 73.6 Å². The fraction of sp³-hybridized carbons (Fsp3) is 0.348. The summed E-state index contributed by atoms with van der Waals surface area (Å²) in [6, 6.07) is 15.0. The first kappa shape index (κ1) is 20.6. The summed E-state index contributed by atoms with van der Waals surface area (Å²) in [5, 5.41) is 8.89. The maximum absolute atomic E-state index is 12.8. The van der Waals surface area contributed by atoms with E-state index in [2.05, 4.69) is 11.0 Å². The molecule has 29 heavy (non-hydrogen) atoms. The van der Waals surface area contributed by atoms with Gasteiger partial charge < -0.3 is 9.64 Å². The second-order valence-electron chi connectivity index (χ2n) is 7.23. The molecular weight excluding hydrogens is 366 g/mol. The predicted octanol–water partition coefficient (Wildman–Crippen LogP) is 2.66. The molecule has 6 nitrogen and oxygen atoms in total. The van der Waals surface area contributed by atoms with Crippen molar-refractivity contribution in [3.8, 4) is 11.8 Å². The molecule has 1 amide bonds. The number of amides is 1. The van der Waals surface area contributed by atoms with Gasteiger partial charge in [0.1, 0.15) is 5.75 Å². The number of ketones is 1. The van der Waals surface area contributed by atoms with E-state index in [0.717, 1.165) is 30.8 Å². The second-order valence-corrected chi connectivity index (χ2v) is 7.23. The largest absolute Gasteiger partial charge is 0.496 e. The number of ether oxygens (including phenoxy) is 1. The molecule has 2 aromatic carbocycles. The molecule has 150 valence electrons. The van der Waals surface area contributed by atoms with Gasteiger partial charge in [0.05, 0.1) is 25.2 Å². The molecule has 0 radical (unpaired) electrons. The maximum Gasteiger partial charge on any atom is 0.227 e. The van der Waals surface area contributed by atoms with E-state index in [1.165, 1.54) is 6.92 Å². The summed E-state index contributed by atoms with van der Waals surface area (Å²) in [6.07, 6.45) is 0.222. The van der Waals surface area contributed by atoms with Crippen molar-refractivity contribution >= 4 is 11.7 Å². The van der Waals surface area contributed by atoms with Gasteiger partial charge in [0.15, 0.2) is 5.78 Å².